The van der Waals surface area contributed by atoms with E-state index in [-0.39, 0.29) is 10.5 Å². The third-order valence-electron chi connectivity index (χ3n) is 4.92. The Morgan fingerprint density at radius 1 is 0.862 bits per heavy atom. The van der Waals surface area contributed by atoms with Gasteiger partial charge in [-0.2, -0.15) is 4.31 Å². The van der Waals surface area contributed by atoms with Crippen LogP contribution >= 0.6 is 0 Å². The molecule has 0 radical (unpaired) electrons. The standard InChI is InChI=1S/C22H21N3O3S/c26-22(24-23-20-10-2-1-3-11-20)18-9-6-12-21(15-18)29(27,28)25-14-13-17-7-4-5-8-19(17)16-25/h1-12,15,23H,13-14,16H2,(H,24,26). The normalized spacial score (nSPS) is 14.1. The Labute approximate surface area is 170 Å². The van der Waals surface area contributed by atoms with Crippen LogP contribution in [-0.4, -0.2) is 25.2 Å². The van der Waals surface area contributed by atoms with E-state index in [4.69, 9.17) is 0 Å². The lowest BCUT2D eigenvalue weighted by molar-refractivity contribution is 0.0962. The molecule has 1 amide bonds. The molecule has 0 fully saturated rings. The highest BCUT2D eigenvalue weighted by Crippen LogP contribution is 2.25. The Morgan fingerprint density at radius 2 is 1.59 bits per heavy atom. The molecular formula is C22H21N3O3S. The fraction of sp³-hybridized carbons (Fsp3) is 0.136. The lowest BCUT2D eigenvalue weighted by atomic mass is 10.0. The summed E-state index contributed by atoms with van der Waals surface area (Å²) in [4.78, 5) is 12.6. The van der Waals surface area contributed by atoms with E-state index < -0.39 is 15.9 Å². The number of anilines is 1. The number of amides is 1. The van der Waals surface area contributed by atoms with Gasteiger partial charge in [0.15, 0.2) is 0 Å². The number of rotatable bonds is 5. The molecule has 29 heavy (non-hydrogen) atoms. The van der Waals surface area contributed by atoms with Gasteiger partial charge in [-0.15, -0.1) is 0 Å². The van der Waals surface area contributed by atoms with Crippen LogP contribution in [0.15, 0.2) is 83.8 Å². The topological polar surface area (TPSA) is 78.5 Å². The maximum Gasteiger partial charge on any atom is 0.269 e. The van der Waals surface area contributed by atoms with Gasteiger partial charge in [0, 0.05) is 18.7 Å². The number of sulfonamides is 1. The van der Waals surface area contributed by atoms with Crippen molar-refractivity contribution in [1.82, 2.24) is 9.73 Å². The first-order valence-electron chi connectivity index (χ1n) is 9.32. The quantitative estimate of drug-likeness (QED) is 0.637. The highest BCUT2D eigenvalue weighted by molar-refractivity contribution is 7.89. The zero-order valence-corrected chi connectivity index (χ0v) is 16.5. The maximum atomic E-state index is 13.1. The minimum Gasteiger partial charge on any atom is -0.298 e. The number of hydrogen-bond acceptors (Lipinski definition) is 4. The van der Waals surface area contributed by atoms with Crippen molar-refractivity contribution >= 4 is 21.6 Å². The largest absolute Gasteiger partial charge is 0.298 e. The molecule has 0 aromatic heterocycles. The van der Waals surface area contributed by atoms with Gasteiger partial charge in [-0.05, 0) is 47.9 Å². The van der Waals surface area contributed by atoms with E-state index in [1.54, 1.807) is 12.1 Å². The summed E-state index contributed by atoms with van der Waals surface area (Å²) in [5, 5.41) is 0. The minimum atomic E-state index is -3.69. The molecule has 0 aliphatic carbocycles. The average Bonchev–Trinajstić information content (AvgIpc) is 2.78. The second kappa shape index (κ2) is 8.06. The number of hydrogen-bond donors (Lipinski definition) is 2. The summed E-state index contributed by atoms with van der Waals surface area (Å²) in [5.74, 6) is -0.408. The summed E-state index contributed by atoms with van der Waals surface area (Å²) in [6, 6.07) is 23.2. The maximum absolute atomic E-state index is 13.1. The third kappa shape index (κ3) is 4.16. The van der Waals surface area contributed by atoms with E-state index in [1.165, 1.54) is 22.0 Å². The molecular weight excluding hydrogens is 386 g/mol. The van der Waals surface area contributed by atoms with Crippen LogP contribution in [0.4, 0.5) is 5.69 Å². The molecule has 0 saturated heterocycles. The van der Waals surface area contributed by atoms with Gasteiger partial charge in [0.1, 0.15) is 0 Å². The third-order valence-corrected chi connectivity index (χ3v) is 6.76. The van der Waals surface area contributed by atoms with Crippen molar-refractivity contribution in [2.45, 2.75) is 17.9 Å². The molecule has 0 saturated carbocycles. The van der Waals surface area contributed by atoms with Crippen LogP contribution in [0.25, 0.3) is 0 Å². The van der Waals surface area contributed by atoms with Crippen molar-refractivity contribution in [2.75, 3.05) is 12.0 Å². The summed E-state index contributed by atoms with van der Waals surface area (Å²) in [5.41, 5.74) is 8.61. The molecule has 148 valence electrons. The van der Waals surface area contributed by atoms with Crippen LogP contribution < -0.4 is 10.9 Å². The molecule has 7 heteroatoms. The molecule has 0 spiro atoms. The zero-order valence-electron chi connectivity index (χ0n) is 15.7. The van der Waals surface area contributed by atoms with Crippen molar-refractivity contribution in [3.8, 4) is 0 Å². The number of nitrogens with one attached hydrogen (secondary N) is 2. The van der Waals surface area contributed by atoms with Gasteiger partial charge in [-0.3, -0.25) is 15.6 Å². The summed E-state index contributed by atoms with van der Waals surface area (Å²) in [6.45, 7) is 0.760. The van der Waals surface area contributed by atoms with Crippen LogP contribution in [0, 0.1) is 0 Å². The van der Waals surface area contributed by atoms with Crippen LogP contribution in [0.1, 0.15) is 21.5 Å². The molecule has 3 aromatic carbocycles. The molecule has 0 bridgehead atoms. The van der Waals surface area contributed by atoms with E-state index in [0.717, 1.165) is 11.3 Å². The van der Waals surface area contributed by atoms with Crippen molar-refractivity contribution in [3.63, 3.8) is 0 Å². The van der Waals surface area contributed by atoms with E-state index in [0.29, 0.717) is 19.5 Å². The smallest absolute Gasteiger partial charge is 0.269 e. The van der Waals surface area contributed by atoms with Crippen molar-refractivity contribution in [2.24, 2.45) is 0 Å². The fourth-order valence-electron chi connectivity index (χ4n) is 3.34. The van der Waals surface area contributed by atoms with E-state index in [9.17, 15) is 13.2 Å². The number of carbonyl (C=O) groups excluding carboxylic acids is 1. The Kier molecular flexibility index (Phi) is 5.33. The predicted molar refractivity (Wildman–Crippen MR) is 112 cm³/mol. The second-order valence-electron chi connectivity index (χ2n) is 6.83. The minimum absolute atomic E-state index is 0.115. The van der Waals surface area contributed by atoms with Crippen molar-refractivity contribution < 1.29 is 13.2 Å². The first-order valence-corrected chi connectivity index (χ1v) is 10.8. The van der Waals surface area contributed by atoms with Crippen LogP contribution in [-0.2, 0) is 23.0 Å². The van der Waals surface area contributed by atoms with Crippen molar-refractivity contribution in [1.29, 1.82) is 0 Å². The number of nitrogens with zero attached hydrogens (tertiary/aromatic N) is 1. The van der Waals surface area contributed by atoms with Gasteiger partial charge in [0.05, 0.1) is 10.6 Å². The highest BCUT2D eigenvalue weighted by atomic mass is 32.2. The summed E-state index contributed by atoms with van der Waals surface area (Å²) in [6.07, 6.45) is 0.677. The van der Waals surface area contributed by atoms with Gasteiger partial charge >= 0.3 is 0 Å². The zero-order chi connectivity index (χ0) is 20.3. The molecule has 1 aliphatic heterocycles. The Hall–Kier alpha value is -3.16. The number of benzene rings is 3. The molecule has 1 aliphatic rings. The molecule has 1 heterocycles. The average molecular weight is 407 g/mol. The molecule has 2 N–H and O–H groups in total. The van der Waals surface area contributed by atoms with E-state index in [2.05, 4.69) is 10.9 Å². The lowest BCUT2D eigenvalue weighted by Gasteiger charge is -2.28. The highest BCUT2D eigenvalue weighted by Gasteiger charge is 2.28. The molecule has 0 unspecified atom stereocenters. The van der Waals surface area contributed by atoms with Gasteiger partial charge in [0.25, 0.3) is 5.91 Å². The van der Waals surface area contributed by atoms with Gasteiger partial charge in [0.2, 0.25) is 10.0 Å². The van der Waals surface area contributed by atoms with Crippen LogP contribution in [0.2, 0.25) is 0 Å². The molecule has 0 atom stereocenters. The van der Waals surface area contributed by atoms with E-state index in [1.807, 2.05) is 54.6 Å². The number of para-hydroxylation sites is 1. The Balaban J connectivity index is 1.51. The Morgan fingerprint density at radius 3 is 2.38 bits per heavy atom. The van der Waals surface area contributed by atoms with Gasteiger partial charge < -0.3 is 0 Å². The number of hydrazine groups is 1. The predicted octanol–water partition coefficient (Wildman–Crippen LogP) is 3.19. The molecule has 3 aromatic rings. The van der Waals surface area contributed by atoms with Gasteiger partial charge in [-0.1, -0.05) is 48.5 Å². The number of fused-ring (bicyclic) bond motifs is 1. The first kappa shape index (κ1) is 19.2. The monoisotopic (exact) mass is 407 g/mol. The molecule has 6 nitrogen and oxygen atoms in total. The fourth-order valence-corrected chi connectivity index (χ4v) is 4.81. The SMILES string of the molecule is O=C(NNc1ccccc1)c1cccc(S(=O)(=O)N2CCc3ccccc3C2)c1. The molecule has 4 rings (SSSR count). The second-order valence-corrected chi connectivity index (χ2v) is 8.77. The Bertz CT molecular complexity index is 1130. The first-order chi connectivity index (χ1) is 14.0. The summed E-state index contributed by atoms with van der Waals surface area (Å²) >= 11 is 0. The van der Waals surface area contributed by atoms with Gasteiger partial charge in [-0.25, -0.2) is 8.42 Å². The van der Waals surface area contributed by atoms with E-state index >= 15 is 0 Å². The summed E-state index contributed by atoms with van der Waals surface area (Å²) < 4.78 is 27.7. The summed E-state index contributed by atoms with van der Waals surface area (Å²) in [7, 11) is -3.69. The van der Waals surface area contributed by atoms with Crippen molar-refractivity contribution in [3.05, 3.63) is 95.6 Å². The van der Waals surface area contributed by atoms with Crippen LogP contribution in [0.5, 0.6) is 0 Å². The number of carbonyl (C=O) groups is 1. The lowest BCUT2D eigenvalue weighted by Crippen LogP contribution is -2.36. The van der Waals surface area contributed by atoms with Crippen LogP contribution in [0.3, 0.4) is 0 Å².